The van der Waals surface area contributed by atoms with Gasteiger partial charge in [0.1, 0.15) is 5.75 Å². The number of hydrogen-bond acceptors (Lipinski definition) is 4. The Morgan fingerprint density at radius 2 is 1.95 bits per heavy atom. The molecule has 0 heterocycles. The molecule has 2 unspecified atom stereocenters. The van der Waals surface area contributed by atoms with Crippen LogP contribution in [0.2, 0.25) is 0 Å². The predicted molar refractivity (Wildman–Crippen MR) is 86.7 cm³/mol. The van der Waals surface area contributed by atoms with Crippen LogP contribution in [0.25, 0.3) is 0 Å². The first-order chi connectivity index (χ1) is 10.1. The van der Waals surface area contributed by atoms with Gasteiger partial charge in [0.05, 0.1) is 18.1 Å². The number of alkyl halides is 2. The Morgan fingerprint density at radius 1 is 1.32 bits per heavy atom. The molecule has 0 aliphatic heterocycles. The second-order valence-corrected chi connectivity index (χ2v) is 7.33. The van der Waals surface area contributed by atoms with Gasteiger partial charge >= 0.3 is 0 Å². The summed E-state index contributed by atoms with van der Waals surface area (Å²) in [6, 6.07) is 5.18. The molecule has 0 bridgehead atoms. The van der Waals surface area contributed by atoms with E-state index in [0.717, 1.165) is 5.56 Å². The van der Waals surface area contributed by atoms with E-state index < -0.39 is 11.9 Å². The van der Waals surface area contributed by atoms with E-state index in [2.05, 4.69) is 5.32 Å². The largest absolute Gasteiger partial charge is 0.496 e. The van der Waals surface area contributed by atoms with Crippen molar-refractivity contribution in [2.45, 2.75) is 50.5 Å². The summed E-state index contributed by atoms with van der Waals surface area (Å²) in [5.41, 5.74) is 0.735. The van der Waals surface area contributed by atoms with Crippen molar-refractivity contribution in [1.82, 2.24) is 5.32 Å². The van der Waals surface area contributed by atoms with Crippen LogP contribution in [-0.2, 0) is 0 Å². The van der Waals surface area contributed by atoms with E-state index in [1.807, 2.05) is 27.7 Å². The van der Waals surface area contributed by atoms with Crippen LogP contribution in [0.1, 0.15) is 39.3 Å². The summed E-state index contributed by atoms with van der Waals surface area (Å²) in [4.78, 5) is 0.420. The minimum atomic E-state index is -2.47. The third-order valence-corrected chi connectivity index (χ3v) is 4.29. The monoisotopic (exact) mass is 333 g/mol. The van der Waals surface area contributed by atoms with Crippen LogP contribution in [0.15, 0.2) is 23.1 Å². The highest BCUT2D eigenvalue weighted by Gasteiger charge is 2.22. The number of ether oxygens (including phenoxy) is 1. The van der Waals surface area contributed by atoms with Gasteiger partial charge in [0.15, 0.2) is 0 Å². The van der Waals surface area contributed by atoms with Crippen LogP contribution in [0, 0.1) is 5.41 Å². The lowest BCUT2D eigenvalue weighted by Gasteiger charge is -2.27. The molecule has 0 aliphatic carbocycles. The minimum Gasteiger partial charge on any atom is -0.496 e. The molecule has 22 heavy (non-hydrogen) atoms. The third-order valence-electron chi connectivity index (χ3n) is 3.52. The molecule has 1 aromatic carbocycles. The maximum absolute atomic E-state index is 12.5. The molecule has 1 aromatic rings. The van der Waals surface area contributed by atoms with E-state index in [4.69, 9.17) is 4.74 Å². The highest BCUT2D eigenvalue weighted by molar-refractivity contribution is 7.99. The molecule has 6 heteroatoms. The highest BCUT2D eigenvalue weighted by atomic mass is 32.2. The summed E-state index contributed by atoms with van der Waals surface area (Å²) in [5, 5.41) is 13.3. The summed E-state index contributed by atoms with van der Waals surface area (Å²) in [6.07, 6.45) is -0.467. The van der Waals surface area contributed by atoms with Crippen molar-refractivity contribution in [2.75, 3.05) is 13.7 Å². The van der Waals surface area contributed by atoms with Crippen LogP contribution in [0.5, 0.6) is 5.75 Å². The standard InChI is InChI=1S/C16H25F2NO2S/c1-10(19-9-14(20)16(2,3)4)11-6-7-13(22-15(17)18)12(8-11)21-5/h6-8,10,14-15,19-20H,9H2,1-5H3. The molecule has 2 N–H and O–H groups in total. The molecule has 1 rings (SSSR count). The summed E-state index contributed by atoms with van der Waals surface area (Å²) in [6.45, 7) is 8.35. The van der Waals surface area contributed by atoms with E-state index in [1.54, 1.807) is 18.2 Å². The van der Waals surface area contributed by atoms with Gasteiger partial charge in [-0.25, -0.2) is 0 Å². The Labute approximate surface area is 135 Å². The van der Waals surface area contributed by atoms with E-state index in [1.165, 1.54) is 7.11 Å². The topological polar surface area (TPSA) is 41.5 Å². The van der Waals surface area contributed by atoms with Crippen LogP contribution < -0.4 is 10.1 Å². The maximum atomic E-state index is 12.5. The van der Waals surface area contributed by atoms with Crippen LogP contribution >= 0.6 is 11.8 Å². The van der Waals surface area contributed by atoms with Crippen LogP contribution in [-0.4, -0.2) is 30.6 Å². The number of thioether (sulfide) groups is 1. The van der Waals surface area contributed by atoms with Gasteiger partial charge in [-0.15, -0.1) is 0 Å². The normalized spacial score (nSPS) is 15.0. The smallest absolute Gasteiger partial charge is 0.289 e. The average molecular weight is 333 g/mol. The van der Waals surface area contributed by atoms with Crippen LogP contribution in [0.3, 0.4) is 0 Å². The van der Waals surface area contributed by atoms with Gasteiger partial charge < -0.3 is 15.2 Å². The van der Waals surface area contributed by atoms with Crippen molar-refractivity contribution in [2.24, 2.45) is 5.41 Å². The van der Waals surface area contributed by atoms with Crippen molar-refractivity contribution < 1.29 is 18.6 Å². The van der Waals surface area contributed by atoms with Crippen molar-refractivity contribution >= 4 is 11.8 Å². The van der Waals surface area contributed by atoms with Gasteiger partial charge in [0.25, 0.3) is 5.76 Å². The SMILES string of the molecule is COc1cc(C(C)NCC(O)C(C)(C)C)ccc1SC(F)F. The summed E-state index contributed by atoms with van der Waals surface area (Å²) < 4.78 is 30.2. The van der Waals surface area contributed by atoms with Crippen molar-refractivity contribution in [3.63, 3.8) is 0 Å². The lowest BCUT2D eigenvalue weighted by molar-refractivity contribution is 0.0609. The molecule has 3 nitrogen and oxygen atoms in total. The molecule has 2 atom stereocenters. The van der Waals surface area contributed by atoms with Gasteiger partial charge in [-0.2, -0.15) is 8.78 Å². The Kier molecular flexibility index (Phi) is 7.09. The second kappa shape index (κ2) is 8.13. The zero-order valence-electron chi connectivity index (χ0n) is 13.7. The fourth-order valence-corrected chi connectivity index (χ4v) is 2.46. The number of aliphatic hydroxyl groups is 1. The Balaban J connectivity index is 2.75. The maximum Gasteiger partial charge on any atom is 0.289 e. The predicted octanol–water partition coefficient (Wildman–Crippen LogP) is 4.07. The van der Waals surface area contributed by atoms with Gasteiger partial charge in [-0.05, 0) is 30.0 Å². The van der Waals surface area contributed by atoms with Crippen molar-refractivity contribution in [3.05, 3.63) is 23.8 Å². The Hall–Kier alpha value is -0.850. The number of methoxy groups -OCH3 is 1. The van der Waals surface area contributed by atoms with Crippen molar-refractivity contribution in [3.8, 4) is 5.75 Å². The molecule has 0 spiro atoms. The molecule has 0 amide bonds. The van der Waals surface area contributed by atoms with E-state index >= 15 is 0 Å². The molecule has 0 radical (unpaired) electrons. The van der Waals surface area contributed by atoms with E-state index in [9.17, 15) is 13.9 Å². The minimum absolute atomic E-state index is 0.0171. The molecule has 0 aromatic heterocycles. The number of nitrogens with one attached hydrogen (secondary N) is 1. The van der Waals surface area contributed by atoms with Gasteiger partial charge in [0, 0.05) is 12.6 Å². The molecular weight excluding hydrogens is 308 g/mol. The lowest BCUT2D eigenvalue weighted by atomic mass is 9.89. The molecule has 126 valence electrons. The average Bonchev–Trinajstić information content (AvgIpc) is 2.43. The van der Waals surface area contributed by atoms with Gasteiger partial charge in [-0.1, -0.05) is 38.6 Å². The molecule has 0 saturated heterocycles. The number of rotatable bonds is 7. The van der Waals surface area contributed by atoms with Crippen LogP contribution in [0.4, 0.5) is 8.78 Å². The zero-order valence-corrected chi connectivity index (χ0v) is 14.5. The molecular formula is C16H25F2NO2S. The van der Waals surface area contributed by atoms with Crippen molar-refractivity contribution in [1.29, 1.82) is 0 Å². The van der Waals surface area contributed by atoms with E-state index in [0.29, 0.717) is 29.0 Å². The lowest BCUT2D eigenvalue weighted by Crippen LogP contribution is -2.37. The first-order valence-corrected chi connectivity index (χ1v) is 8.07. The fraction of sp³-hybridized carbons (Fsp3) is 0.625. The Bertz CT molecular complexity index is 478. The van der Waals surface area contributed by atoms with E-state index in [-0.39, 0.29) is 11.5 Å². The number of halogens is 2. The molecule has 0 aliphatic rings. The summed E-state index contributed by atoms with van der Waals surface area (Å²) in [7, 11) is 1.47. The number of hydrogen-bond donors (Lipinski definition) is 2. The first-order valence-electron chi connectivity index (χ1n) is 7.19. The molecule has 0 saturated carbocycles. The quantitative estimate of drug-likeness (QED) is 0.738. The number of benzene rings is 1. The first kappa shape index (κ1) is 19.2. The van der Waals surface area contributed by atoms with Gasteiger partial charge in [0.2, 0.25) is 0 Å². The van der Waals surface area contributed by atoms with Gasteiger partial charge in [-0.3, -0.25) is 0 Å². The molecule has 0 fully saturated rings. The number of aliphatic hydroxyl groups excluding tert-OH is 1. The highest BCUT2D eigenvalue weighted by Crippen LogP contribution is 2.35. The summed E-state index contributed by atoms with van der Waals surface area (Å²) in [5.74, 6) is -2.04. The zero-order chi connectivity index (χ0) is 16.9. The second-order valence-electron chi connectivity index (χ2n) is 6.30. The fourth-order valence-electron chi connectivity index (χ4n) is 1.86. The Morgan fingerprint density at radius 3 is 2.45 bits per heavy atom. The third kappa shape index (κ3) is 5.74. The summed E-state index contributed by atoms with van der Waals surface area (Å²) >= 11 is 0.473.